The Kier molecular flexibility index (Phi) is 25.9. The van der Waals surface area contributed by atoms with Gasteiger partial charge in [0.2, 0.25) is 0 Å². The van der Waals surface area contributed by atoms with Crippen LogP contribution in [0.4, 0.5) is 0 Å². The zero-order chi connectivity index (χ0) is 30.8. The molecule has 244 valence electrons. The summed E-state index contributed by atoms with van der Waals surface area (Å²) in [6.45, 7) is 2.61. The third kappa shape index (κ3) is 24.1. The second-order valence-electron chi connectivity index (χ2n) is 11.0. The van der Waals surface area contributed by atoms with Crippen LogP contribution in [0, 0.1) is 0 Å². The number of aliphatic hydroxyl groups is 2. The lowest BCUT2D eigenvalue weighted by atomic mass is 10.1. The molecule has 0 aromatic carbocycles. The normalized spacial score (nSPS) is 14.0. The van der Waals surface area contributed by atoms with Gasteiger partial charge in [0.15, 0.2) is 11.9 Å². The summed E-state index contributed by atoms with van der Waals surface area (Å²) < 4.78 is 27.6. The van der Waals surface area contributed by atoms with Crippen molar-refractivity contribution in [1.29, 1.82) is 0 Å². The van der Waals surface area contributed by atoms with Crippen molar-refractivity contribution in [1.82, 2.24) is 0 Å². The number of rotatable bonds is 29. The van der Waals surface area contributed by atoms with Crippen LogP contribution in [0.3, 0.4) is 0 Å². The van der Waals surface area contributed by atoms with Crippen molar-refractivity contribution in [2.24, 2.45) is 0 Å². The van der Waals surface area contributed by atoms with Crippen molar-refractivity contribution in [2.45, 2.75) is 160 Å². The molecule has 0 aliphatic carbocycles. The maximum Gasteiger partial charge on any atom is 0.356 e. The minimum atomic E-state index is -4.93. The fourth-order valence-electron chi connectivity index (χ4n) is 4.51. The fourth-order valence-corrected chi connectivity index (χ4v) is 5.33. The van der Waals surface area contributed by atoms with Gasteiger partial charge in [0, 0.05) is 12.8 Å². The van der Waals surface area contributed by atoms with Crippen molar-refractivity contribution in [3.05, 3.63) is 0 Å². The molecule has 11 heteroatoms. The molecule has 0 bridgehead atoms. The molecule has 0 aromatic rings. The lowest BCUT2D eigenvalue weighted by Gasteiger charge is -2.25. The van der Waals surface area contributed by atoms with Gasteiger partial charge in [-0.25, -0.2) is 0 Å². The molecule has 0 heterocycles. The van der Waals surface area contributed by atoms with E-state index >= 15 is 0 Å². The molecule has 0 rings (SSSR count). The molecule has 41 heavy (non-hydrogen) atoms. The molecule has 2 unspecified atom stereocenters. The van der Waals surface area contributed by atoms with Crippen LogP contribution < -0.4 is 0 Å². The summed E-state index contributed by atoms with van der Waals surface area (Å²) in [5, 5.41) is 18.9. The molecular formula is C30H59O10P. The third-order valence-corrected chi connectivity index (χ3v) is 8.15. The molecule has 4 N–H and O–H groups in total. The maximum absolute atomic E-state index is 12.4. The zero-order valence-electron chi connectivity index (χ0n) is 25.7. The summed E-state index contributed by atoms with van der Waals surface area (Å²) in [6, 6.07) is 0. The van der Waals surface area contributed by atoms with Gasteiger partial charge in [0.25, 0.3) is 0 Å². The lowest BCUT2D eigenvalue weighted by Crippen LogP contribution is -2.37. The van der Waals surface area contributed by atoms with Gasteiger partial charge >= 0.3 is 19.5 Å². The number of hydrogen-bond acceptors (Lipinski definition) is 8. The van der Waals surface area contributed by atoms with Crippen molar-refractivity contribution in [2.75, 3.05) is 19.8 Å². The second-order valence-corrected chi connectivity index (χ2v) is 12.7. The number of carbonyl (C=O) groups is 2. The Morgan fingerprint density at radius 2 is 1.07 bits per heavy atom. The Bertz CT molecular complexity index is 684. The molecule has 0 aliphatic heterocycles. The van der Waals surface area contributed by atoms with Crippen molar-refractivity contribution in [3.8, 4) is 0 Å². The van der Waals surface area contributed by atoms with Gasteiger partial charge < -0.3 is 34.2 Å². The van der Waals surface area contributed by atoms with E-state index in [2.05, 4.69) is 13.8 Å². The molecule has 10 nitrogen and oxygen atoms in total. The first-order chi connectivity index (χ1) is 19.6. The van der Waals surface area contributed by atoms with E-state index in [1.807, 2.05) is 0 Å². The molecule has 0 radical (unpaired) electrons. The zero-order valence-corrected chi connectivity index (χ0v) is 26.6. The lowest BCUT2D eigenvalue weighted by molar-refractivity contribution is -0.164. The smallest absolute Gasteiger partial charge is 0.356 e. The number of ether oxygens (including phenoxy) is 3. The van der Waals surface area contributed by atoms with Crippen LogP contribution in [-0.2, 0) is 28.4 Å². The van der Waals surface area contributed by atoms with Crippen molar-refractivity contribution in [3.63, 3.8) is 0 Å². The second kappa shape index (κ2) is 26.6. The molecule has 0 saturated heterocycles. The standard InChI is InChI=1S/C30H59O10P/c1-3-5-7-9-11-13-15-17-19-21-28(33)38-24-26(25-39-30(27(32)23-31)41(35,36)37)40-29(34)22-20-18-16-14-12-10-8-6-4-2/h26-27,30-32H,3-25H2,1-2H3,(H2,35,36,37)/t26-,27?,30?/m1/s1. The Hall–Kier alpha value is -1.03. The van der Waals surface area contributed by atoms with Crippen molar-refractivity contribution < 1.29 is 48.4 Å². The number of hydrogen-bond donors (Lipinski definition) is 4. The van der Waals surface area contributed by atoms with Gasteiger partial charge in [-0.15, -0.1) is 0 Å². The number of carbonyl (C=O) groups excluding carboxylic acids is 2. The van der Waals surface area contributed by atoms with E-state index in [9.17, 15) is 29.0 Å². The highest BCUT2D eigenvalue weighted by atomic mass is 31.2. The maximum atomic E-state index is 12.4. The summed E-state index contributed by atoms with van der Waals surface area (Å²) >= 11 is 0. The van der Waals surface area contributed by atoms with E-state index in [0.29, 0.717) is 12.8 Å². The van der Waals surface area contributed by atoms with Crippen LogP contribution in [-0.4, -0.2) is 69.8 Å². The first-order valence-corrected chi connectivity index (χ1v) is 17.6. The molecule has 3 atom stereocenters. The van der Waals surface area contributed by atoms with E-state index in [-0.39, 0.29) is 19.4 Å². The van der Waals surface area contributed by atoms with Gasteiger partial charge in [-0.05, 0) is 12.8 Å². The molecule has 0 aromatic heterocycles. The summed E-state index contributed by atoms with van der Waals surface area (Å²) in [6.07, 6.45) is 17.4. The average molecular weight is 611 g/mol. The van der Waals surface area contributed by atoms with E-state index in [4.69, 9.17) is 19.3 Å². The Labute approximate surface area is 248 Å². The SMILES string of the molecule is CCCCCCCCCCCC(=O)OC[C@H](COC(C(O)CO)P(=O)(O)O)OC(=O)CCCCCCCCCCC. The number of aliphatic hydroxyl groups excluding tert-OH is 2. The predicted molar refractivity (Wildman–Crippen MR) is 159 cm³/mol. The highest BCUT2D eigenvalue weighted by Gasteiger charge is 2.37. The Balaban J connectivity index is 4.58. The molecule has 0 aliphatic rings. The highest BCUT2D eigenvalue weighted by molar-refractivity contribution is 7.52. The van der Waals surface area contributed by atoms with Crippen LogP contribution in [0.15, 0.2) is 0 Å². The van der Waals surface area contributed by atoms with E-state index < -0.39 is 50.8 Å². The molecule has 0 saturated carbocycles. The number of esters is 2. The first-order valence-electron chi connectivity index (χ1n) is 16.0. The minimum absolute atomic E-state index is 0.167. The van der Waals surface area contributed by atoms with Gasteiger partial charge in [-0.1, -0.05) is 117 Å². The monoisotopic (exact) mass is 610 g/mol. The Morgan fingerprint density at radius 1 is 0.659 bits per heavy atom. The van der Waals surface area contributed by atoms with Gasteiger partial charge in [-0.2, -0.15) is 0 Å². The molecule has 0 fully saturated rings. The average Bonchev–Trinajstić information content (AvgIpc) is 2.93. The summed E-state index contributed by atoms with van der Waals surface area (Å²) in [7, 11) is -4.93. The van der Waals surface area contributed by atoms with E-state index in [0.717, 1.165) is 38.5 Å². The van der Waals surface area contributed by atoms with E-state index in [1.165, 1.54) is 64.2 Å². The van der Waals surface area contributed by atoms with Crippen molar-refractivity contribution >= 4 is 19.5 Å². The largest absolute Gasteiger partial charge is 0.462 e. The summed E-state index contributed by atoms with van der Waals surface area (Å²) in [4.78, 5) is 43.6. The van der Waals surface area contributed by atoms with Crippen LogP contribution in [0.2, 0.25) is 0 Å². The van der Waals surface area contributed by atoms with Gasteiger partial charge in [-0.3, -0.25) is 14.2 Å². The van der Waals surface area contributed by atoms with Gasteiger partial charge in [0.05, 0.1) is 13.2 Å². The van der Waals surface area contributed by atoms with Crippen LogP contribution >= 0.6 is 7.60 Å². The summed E-state index contributed by atoms with van der Waals surface area (Å²) in [5.74, 6) is -2.97. The third-order valence-electron chi connectivity index (χ3n) is 7.00. The van der Waals surface area contributed by atoms with Crippen LogP contribution in [0.5, 0.6) is 0 Å². The summed E-state index contributed by atoms with van der Waals surface area (Å²) in [5.41, 5.74) is 0. The first kappa shape index (κ1) is 40.0. The number of unbranched alkanes of at least 4 members (excludes halogenated alkanes) is 16. The van der Waals surface area contributed by atoms with Crippen LogP contribution in [0.1, 0.15) is 142 Å². The predicted octanol–water partition coefficient (Wildman–Crippen LogP) is 6.16. The highest BCUT2D eigenvalue weighted by Crippen LogP contribution is 2.43. The quantitative estimate of drug-likeness (QED) is 0.0439. The molecule has 0 spiro atoms. The van der Waals surface area contributed by atoms with E-state index in [1.54, 1.807) is 0 Å². The Morgan fingerprint density at radius 3 is 1.49 bits per heavy atom. The topological polar surface area (TPSA) is 160 Å². The molecule has 0 amide bonds. The minimum Gasteiger partial charge on any atom is -0.462 e. The fraction of sp³-hybridized carbons (Fsp3) is 0.933. The molecular weight excluding hydrogens is 551 g/mol. The van der Waals surface area contributed by atoms with Gasteiger partial charge in [0.1, 0.15) is 12.7 Å². The van der Waals surface area contributed by atoms with Crippen LogP contribution in [0.25, 0.3) is 0 Å².